The summed E-state index contributed by atoms with van der Waals surface area (Å²) in [6, 6.07) is 4.51. The highest BCUT2D eigenvalue weighted by molar-refractivity contribution is 5.80. The van der Waals surface area contributed by atoms with Crippen LogP contribution in [0.15, 0.2) is 23.3 Å². The standard InChI is InChI=1S/C20H34N6O/c1-3-21-20(24-17-6-8-18(27)9-7-17)23-15-16-5-4-10-22-19(16)26-13-11-25(2)12-14-26/h4-5,10,17-18,27H,3,6-9,11-15H2,1-2H3,(H2,21,23,24). The molecule has 150 valence electrons. The molecule has 1 aliphatic heterocycles. The maximum atomic E-state index is 9.70. The second kappa shape index (κ2) is 9.90. The van der Waals surface area contributed by atoms with Gasteiger partial charge < -0.3 is 25.5 Å². The van der Waals surface area contributed by atoms with Crippen molar-refractivity contribution in [3.63, 3.8) is 0 Å². The summed E-state index contributed by atoms with van der Waals surface area (Å²) in [5, 5.41) is 16.6. The number of rotatable bonds is 5. The molecule has 2 heterocycles. The number of likely N-dealkylation sites (N-methyl/N-ethyl adjacent to an activating group) is 1. The molecular formula is C20H34N6O. The minimum atomic E-state index is -0.135. The highest BCUT2D eigenvalue weighted by Crippen LogP contribution is 2.20. The Morgan fingerprint density at radius 3 is 2.67 bits per heavy atom. The van der Waals surface area contributed by atoms with Crippen molar-refractivity contribution in [2.45, 2.75) is 51.3 Å². The maximum Gasteiger partial charge on any atom is 0.191 e. The Labute approximate surface area is 162 Å². The average molecular weight is 375 g/mol. The zero-order chi connectivity index (χ0) is 19.1. The van der Waals surface area contributed by atoms with E-state index < -0.39 is 0 Å². The molecule has 3 N–H and O–H groups in total. The average Bonchev–Trinajstić information content (AvgIpc) is 2.69. The molecule has 1 aromatic heterocycles. The van der Waals surface area contributed by atoms with Crippen LogP contribution < -0.4 is 15.5 Å². The Balaban J connectivity index is 1.65. The molecule has 0 bridgehead atoms. The normalized spacial score (nSPS) is 24.7. The number of anilines is 1. The van der Waals surface area contributed by atoms with Gasteiger partial charge in [0.1, 0.15) is 5.82 Å². The smallest absolute Gasteiger partial charge is 0.191 e. The van der Waals surface area contributed by atoms with Gasteiger partial charge in [-0.05, 0) is 45.7 Å². The molecule has 2 aliphatic rings. The lowest BCUT2D eigenvalue weighted by Gasteiger charge is -2.34. The Kier molecular flexibility index (Phi) is 7.29. The van der Waals surface area contributed by atoms with E-state index in [1.165, 1.54) is 5.56 Å². The van der Waals surface area contributed by atoms with Gasteiger partial charge in [0.15, 0.2) is 5.96 Å². The summed E-state index contributed by atoms with van der Waals surface area (Å²) in [4.78, 5) is 14.2. The predicted octanol–water partition coefficient (Wildman–Crippen LogP) is 1.19. The topological polar surface area (TPSA) is 76.0 Å². The van der Waals surface area contributed by atoms with Crippen LogP contribution in [0.4, 0.5) is 5.82 Å². The Bertz CT molecular complexity index is 606. The lowest BCUT2D eigenvalue weighted by Crippen LogP contribution is -2.45. The Morgan fingerprint density at radius 2 is 1.96 bits per heavy atom. The number of nitrogens with zero attached hydrogens (tertiary/aromatic N) is 4. The quantitative estimate of drug-likeness (QED) is 0.531. The number of guanidine groups is 1. The van der Waals surface area contributed by atoms with Crippen molar-refractivity contribution in [1.82, 2.24) is 20.5 Å². The molecule has 7 heteroatoms. The number of aliphatic imine (C=N–C) groups is 1. The van der Waals surface area contributed by atoms with Gasteiger partial charge in [-0.3, -0.25) is 0 Å². The molecule has 1 saturated carbocycles. The molecule has 0 atom stereocenters. The van der Waals surface area contributed by atoms with Crippen molar-refractivity contribution in [2.24, 2.45) is 4.99 Å². The summed E-state index contributed by atoms with van der Waals surface area (Å²) in [5.74, 6) is 1.91. The van der Waals surface area contributed by atoms with E-state index in [0.717, 1.165) is 70.2 Å². The number of piperazine rings is 1. The van der Waals surface area contributed by atoms with Crippen LogP contribution >= 0.6 is 0 Å². The largest absolute Gasteiger partial charge is 0.393 e. The van der Waals surface area contributed by atoms with E-state index in [4.69, 9.17) is 4.99 Å². The van der Waals surface area contributed by atoms with Crippen LogP contribution in [-0.4, -0.2) is 72.9 Å². The minimum Gasteiger partial charge on any atom is -0.393 e. The van der Waals surface area contributed by atoms with E-state index in [1.54, 1.807) is 0 Å². The summed E-state index contributed by atoms with van der Waals surface area (Å²) in [5.41, 5.74) is 1.17. The van der Waals surface area contributed by atoms with E-state index in [2.05, 4.69) is 45.5 Å². The van der Waals surface area contributed by atoms with Crippen molar-refractivity contribution >= 4 is 11.8 Å². The first kappa shape index (κ1) is 19.9. The molecule has 2 fully saturated rings. The molecular weight excluding hydrogens is 340 g/mol. The van der Waals surface area contributed by atoms with Gasteiger partial charge in [-0.2, -0.15) is 0 Å². The SMILES string of the molecule is CCNC(=NCc1cccnc1N1CCN(C)CC1)NC1CCC(O)CC1. The highest BCUT2D eigenvalue weighted by Gasteiger charge is 2.20. The van der Waals surface area contributed by atoms with Gasteiger partial charge in [0.25, 0.3) is 0 Å². The second-order valence-electron chi connectivity index (χ2n) is 7.62. The zero-order valence-electron chi connectivity index (χ0n) is 16.7. The lowest BCUT2D eigenvalue weighted by atomic mass is 9.93. The van der Waals surface area contributed by atoms with Crippen LogP contribution in [0.5, 0.6) is 0 Å². The van der Waals surface area contributed by atoms with Gasteiger partial charge in [-0.25, -0.2) is 9.98 Å². The summed E-state index contributed by atoms with van der Waals surface area (Å²) in [6.45, 7) is 7.68. The highest BCUT2D eigenvalue weighted by atomic mass is 16.3. The molecule has 0 unspecified atom stereocenters. The van der Waals surface area contributed by atoms with Crippen molar-refractivity contribution in [3.05, 3.63) is 23.9 Å². The second-order valence-corrected chi connectivity index (χ2v) is 7.62. The molecule has 3 rings (SSSR count). The number of aliphatic hydroxyl groups is 1. The molecule has 7 nitrogen and oxygen atoms in total. The molecule has 1 aliphatic carbocycles. The number of hydrogen-bond donors (Lipinski definition) is 3. The van der Waals surface area contributed by atoms with Crippen molar-refractivity contribution in [3.8, 4) is 0 Å². The number of hydrogen-bond acceptors (Lipinski definition) is 5. The van der Waals surface area contributed by atoms with Gasteiger partial charge in [-0.15, -0.1) is 0 Å². The fourth-order valence-electron chi connectivity index (χ4n) is 3.75. The number of aliphatic hydroxyl groups excluding tert-OH is 1. The summed E-state index contributed by atoms with van der Waals surface area (Å²) in [6.07, 6.45) is 5.46. The van der Waals surface area contributed by atoms with E-state index in [1.807, 2.05) is 12.3 Å². The first-order valence-electron chi connectivity index (χ1n) is 10.3. The summed E-state index contributed by atoms with van der Waals surface area (Å²) < 4.78 is 0. The third-order valence-electron chi connectivity index (χ3n) is 5.46. The number of aromatic nitrogens is 1. The molecule has 0 amide bonds. The number of pyridine rings is 1. The van der Waals surface area contributed by atoms with Crippen LogP contribution in [0.1, 0.15) is 38.2 Å². The van der Waals surface area contributed by atoms with Gasteiger partial charge in [0.2, 0.25) is 0 Å². The predicted molar refractivity (Wildman–Crippen MR) is 110 cm³/mol. The molecule has 0 aromatic carbocycles. The Hall–Kier alpha value is -1.86. The molecule has 1 aromatic rings. The maximum absolute atomic E-state index is 9.70. The monoisotopic (exact) mass is 374 g/mol. The van der Waals surface area contributed by atoms with Crippen LogP contribution in [0, 0.1) is 0 Å². The fourth-order valence-corrected chi connectivity index (χ4v) is 3.75. The van der Waals surface area contributed by atoms with Crippen LogP contribution in [0.25, 0.3) is 0 Å². The Morgan fingerprint density at radius 1 is 1.22 bits per heavy atom. The van der Waals surface area contributed by atoms with Gasteiger partial charge in [0.05, 0.1) is 12.6 Å². The third kappa shape index (κ3) is 5.81. The van der Waals surface area contributed by atoms with Gasteiger partial charge in [0, 0.05) is 50.5 Å². The molecule has 1 saturated heterocycles. The molecule has 0 radical (unpaired) electrons. The molecule has 0 spiro atoms. The van der Waals surface area contributed by atoms with E-state index in [-0.39, 0.29) is 6.10 Å². The van der Waals surface area contributed by atoms with Crippen molar-refractivity contribution < 1.29 is 5.11 Å². The van der Waals surface area contributed by atoms with Gasteiger partial charge >= 0.3 is 0 Å². The van der Waals surface area contributed by atoms with Crippen LogP contribution in [0.2, 0.25) is 0 Å². The van der Waals surface area contributed by atoms with Crippen molar-refractivity contribution in [2.75, 3.05) is 44.7 Å². The van der Waals surface area contributed by atoms with Crippen LogP contribution in [-0.2, 0) is 6.54 Å². The fraction of sp³-hybridized carbons (Fsp3) is 0.700. The van der Waals surface area contributed by atoms with E-state index in [9.17, 15) is 5.11 Å². The third-order valence-corrected chi connectivity index (χ3v) is 5.46. The first-order valence-corrected chi connectivity index (χ1v) is 10.3. The van der Waals surface area contributed by atoms with E-state index in [0.29, 0.717) is 12.6 Å². The van der Waals surface area contributed by atoms with Crippen molar-refractivity contribution in [1.29, 1.82) is 0 Å². The summed E-state index contributed by atoms with van der Waals surface area (Å²) in [7, 11) is 2.17. The van der Waals surface area contributed by atoms with E-state index >= 15 is 0 Å². The number of nitrogens with one attached hydrogen (secondary N) is 2. The lowest BCUT2D eigenvalue weighted by molar-refractivity contribution is 0.120. The minimum absolute atomic E-state index is 0.135. The summed E-state index contributed by atoms with van der Waals surface area (Å²) >= 11 is 0. The van der Waals surface area contributed by atoms with Gasteiger partial charge in [-0.1, -0.05) is 6.07 Å². The zero-order valence-corrected chi connectivity index (χ0v) is 16.7. The first-order chi connectivity index (χ1) is 13.2. The van der Waals surface area contributed by atoms with Crippen LogP contribution in [0.3, 0.4) is 0 Å². The molecule has 27 heavy (non-hydrogen) atoms.